The predicted molar refractivity (Wildman–Crippen MR) is 54.0 cm³/mol. The minimum absolute atomic E-state index is 0.0161. The third kappa shape index (κ3) is 3.75. The largest absolute Gasteiger partial charge is 0.574 e. The highest BCUT2D eigenvalue weighted by molar-refractivity contribution is 14.1. The number of ether oxygens (including phenoxy) is 1. The van der Waals surface area contributed by atoms with Crippen molar-refractivity contribution in [3.63, 3.8) is 0 Å². The third-order valence-corrected chi connectivity index (χ3v) is 2.42. The topological polar surface area (TPSA) is 39.2 Å². The summed E-state index contributed by atoms with van der Waals surface area (Å²) in [6.45, 7) is 0. The van der Waals surface area contributed by atoms with Crippen molar-refractivity contribution >= 4 is 28.9 Å². The molecular formula is C8H3F5INO2. The Morgan fingerprint density at radius 2 is 2.00 bits per heavy atom. The van der Waals surface area contributed by atoms with E-state index in [2.05, 4.69) is 9.72 Å². The van der Waals surface area contributed by atoms with Gasteiger partial charge in [0.2, 0.25) is 5.88 Å². The number of nitrogens with zero attached hydrogens (tertiary/aromatic N) is 1. The highest BCUT2D eigenvalue weighted by Gasteiger charge is 2.34. The Morgan fingerprint density at radius 3 is 2.41 bits per heavy atom. The van der Waals surface area contributed by atoms with Gasteiger partial charge >= 0.3 is 6.36 Å². The fourth-order valence-electron chi connectivity index (χ4n) is 0.930. The highest BCUT2D eigenvalue weighted by atomic mass is 127. The van der Waals surface area contributed by atoms with Gasteiger partial charge in [-0.25, -0.2) is 13.8 Å². The van der Waals surface area contributed by atoms with E-state index in [0.717, 1.165) is 6.07 Å². The number of rotatable bonds is 3. The number of hydrogen-bond acceptors (Lipinski definition) is 3. The molecule has 0 fully saturated rings. The van der Waals surface area contributed by atoms with Gasteiger partial charge in [-0.2, -0.15) is 0 Å². The second kappa shape index (κ2) is 5.10. The van der Waals surface area contributed by atoms with Crippen molar-refractivity contribution in [2.24, 2.45) is 0 Å². The van der Waals surface area contributed by atoms with Gasteiger partial charge in [0.05, 0.1) is 5.56 Å². The first kappa shape index (κ1) is 14.1. The van der Waals surface area contributed by atoms with E-state index >= 15 is 0 Å². The van der Waals surface area contributed by atoms with Gasteiger partial charge in [-0.15, -0.1) is 13.2 Å². The second-order valence-electron chi connectivity index (χ2n) is 2.72. The maximum atomic E-state index is 12.4. The molecule has 0 amide bonds. The van der Waals surface area contributed by atoms with Crippen molar-refractivity contribution in [3.8, 4) is 5.88 Å². The molecule has 9 heteroatoms. The van der Waals surface area contributed by atoms with E-state index in [4.69, 9.17) is 0 Å². The van der Waals surface area contributed by atoms with Crippen LogP contribution in [0.5, 0.6) is 5.88 Å². The van der Waals surface area contributed by atoms with Crippen LogP contribution in [0.1, 0.15) is 22.5 Å². The monoisotopic (exact) mass is 367 g/mol. The van der Waals surface area contributed by atoms with Crippen LogP contribution < -0.4 is 4.74 Å². The quantitative estimate of drug-likeness (QED) is 0.468. The molecule has 0 spiro atoms. The fraction of sp³-hybridized carbons (Fsp3) is 0.250. The Labute approximate surface area is 105 Å². The molecular weight excluding hydrogens is 364 g/mol. The lowest BCUT2D eigenvalue weighted by Gasteiger charge is -2.12. The molecule has 1 heterocycles. The molecule has 0 saturated carbocycles. The maximum absolute atomic E-state index is 12.4. The van der Waals surface area contributed by atoms with Crippen molar-refractivity contribution in [1.29, 1.82) is 0 Å². The smallest absolute Gasteiger partial charge is 0.387 e. The summed E-state index contributed by atoms with van der Waals surface area (Å²) in [5.74, 6) is -1.31. The summed E-state index contributed by atoms with van der Waals surface area (Å²) in [5.41, 5.74) is -1.41. The third-order valence-electron chi connectivity index (χ3n) is 1.55. The lowest BCUT2D eigenvalue weighted by molar-refractivity contribution is -0.276. The number of aromatic nitrogens is 1. The van der Waals surface area contributed by atoms with Gasteiger partial charge in [0.25, 0.3) is 6.43 Å². The molecule has 1 aromatic rings. The average Bonchev–Trinajstić information content (AvgIpc) is 2.17. The van der Waals surface area contributed by atoms with Crippen LogP contribution in [-0.4, -0.2) is 17.6 Å². The van der Waals surface area contributed by atoms with Crippen LogP contribution in [0.3, 0.4) is 0 Å². The fourth-order valence-corrected chi connectivity index (χ4v) is 1.51. The lowest BCUT2D eigenvalue weighted by Crippen LogP contribution is -2.19. The van der Waals surface area contributed by atoms with Crippen molar-refractivity contribution in [1.82, 2.24) is 4.98 Å². The molecule has 0 radical (unpaired) electrons. The van der Waals surface area contributed by atoms with Crippen LogP contribution in [0.2, 0.25) is 0 Å². The van der Waals surface area contributed by atoms with Crippen molar-refractivity contribution in [2.75, 3.05) is 0 Å². The van der Waals surface area contributed by atoms with Crippen molar-refractivity contribution in [2.45, 2.75) is 12.8 Å². The molecule has 0 aliphatic heterocycles. The number of halogens is 6. The number of carbonyl (C=O) groups excluding carboxylic acids is 1. The van der Waals surface area contributed by atoms with Gasteiger partial charge < -0.3 is 4.74 Å². The predicted octanol–water partition coefficient (Wildman–Crippen LogP) is 3.33. The zero-order chi connectivity index (χ0) is 13.2. The summed E-state index contributed by atoms with van der Waals surface area (Å²) in [5, 5.41) is 0. The van der Waals surface area contributed by atoms with E-state index in [0.29, 0.717) is 0 Å². The summed E-state index contributed by atoms with van der Waals surface area (Å²) in [7, 11) is 0. The molecule has 0 bridgehead atoms. The zero-order valence-corrected chi connectivity index (χ0v) is 9.92. The molecule has 0 saturated heterocycles. The molecule has 0 aliphatic rings. The van der Waals surface area contributed by atoms with E-state index in [1.54, 1.807) is 0 Å². The van der Waals surface area contributed by atoms with Gasteiger partial charge in [-0.05, 0) is 28.7 Å². The molecule has 0 unspecified atom stereocenters. The number of aldehydes is 1. The summed E-state index contributed by atoms with van der Waals surface area (Å²) in [4.78, 5) is 13.5. The van der Waals surface area contributed by atoms with Crippen LogP contribution in [0, 0.1) is 3.57 Å². The number of hydrogen-bond donors (Lipinski definition) is 0. The van der Waals surface area contributed by atoms with Gasteiger partial charge in [0.15, 0.2) is 6.29 Å². The maximum Gasteiger partial charge on any atom is 0.574 e. The molecule has 0 N–H and O–H groups in total. The van der Waals surface area contributed by atoms with Crippen LogP contribution in [0.25, 0.3) is 0 Å². The second-order valence-corrected chi connectivity index (χ2v) is 3.88. The van der Waals surface area contributed by atoms with Crippen LogP contribution in [0.15, 0.2) is 6.07 Å². The Bertz CT molecular complexity index is 435. The van der Waals surface area contributed by atoms with Gasteiger partial charge in [-0.3, -0.25) is 4.79 Å². The van der Waals surface area contributed by atoms with E-state index < -0.39 is 29.9 Å². The van der Waals surface area contributed by atoms with Crippen LogP contribution >= 0.6 is 22.6 Å². The van der Waals surface area contributed by atoms with E-state index in [-0.39, 0.29) is 9.86 Å². The molecule has 94 valence electrons. The Morgan fingerprint density at radius 1 is 1.41 bits per heavy atom. The Balaban J connectivity index is 3.29. The normalized spacial score (nSPS) is 11.7. The molecule has 0 atom stereocenters. The SMILES string of the molecule is O=Cc1nc(OC(F)(F)F)c(C(F)F)cc1I. The number of carbonyl (C=O) groups is 1. The summed E-state index contributed by atoms with van der Waals surface area (Å²) in [6.07, 6.45) is -8.18. The lowest BCUT2D eigenvalue weighted by atomic mass is 10.2. The first-order valence-corrected chi connectivity index (χ1v) is 5.02. The van der Waals surface area contributed by atoms with Crippen LogP contribution in [-0.2, 0) is 0 Å². The zero-order valence-electron chi connectivity index (χ0n) is 7.76. The molecule has 17 heavy (non-hydrogen) atoms. The summed E-state index contributed by atoms with van der Waals surface area (Å²) >= 11 is 1.51. The van der Waals surface area contributed by atoms with Gasteiger partial charge in [-0.1, -0.05) is 0 Å². The van der Waals surface area contributed by atoms with Crippen LogP contribution in [0.4, 0.5) is 22.0 Å². The number of pyridine rings is 1. The average molecular weight is 367 g/mol. The van der Waals surface area contributed by atoms with Gasteiger partial charge in [0.1, 0.15) is 5.69 Å². The van der Waals surface area contributed by atoms with E-state index in [1.807, 2.05) is 0 Å². The standard InChI is InChI=1S/C8H3F5INO2/c9-6(10)3-1-4(14)5(2-16)15-7(3)17-8(11,12)13/h1-2,6H. The highest BCUT2D eigenvalue weighted by Crippen LogP contribution is 2.32. The molecule has 1 rings (SSSR count). The van der Waals surface area contributed by atoms with Gasteiger partial charge in [0, 0.05) is 3.57 Å². The van der Waals surface area contributed by atoms with Crippen molar-refractivity contribution in [3.05, 3.63) is 20.9 Å². The summed E-state index contributed by atoms with van der Waals surface area (Å²) < 4.78 is 64.0. The minimum atomic E-state index is -5.15. The number of alkyl halides is 5. The molecule has 3 nitrogen and oxygen atoms in total. The minimum Gasteiger partial charge on any atom is -0.387 e. The first-order valence-electron chi connectivity index (χ1n) is 3.94. The Hall–Kier alpha value is -1.00. The first-order chi connectivity index (χ1) is 7.74. The van der Waals surface area contributed by atoms with E-state index in [1.165, 1.54) is 22.6 Å². The Kier molecular flexibility index (Phi) is 4.22. The summed E-state index contributed by atoms with van der Waals surface area (Å²) in [6, 6.07) is 0.725. The van der Waals surface area contributed by atoms with E-state index in [9.17, 15) is 26.7 Å². The molecule has 0 aromatic carbocycles. The molecule has 0 aliphatic carbocycles. The molecule has 1 aromatic heterocycles. The van der Waals surface area contributed by atoms with Crippen molar-refractivity contribution < 1.29 is 31.5 Å².